The van der Waals surface area contributed by atoms with Crippen LogP contribution < -0.4 is 5.32 Å². The number of nitrogens with zero attached hydrogens (tertiary/aromatic N) is 3. The van der Waals surface area contributed by atoms with Gasteiger partial charge >= 0.3 is 0 Å². The van der Waals surface area contributed by atoms with Gasteiger partial charge in [0.25, 0.3) is 0 Å². The first-order chi connectivity index (χ1) is 9.54. The highest BCUT2D eigenvalue weighted by molar-refractivity contribution is 6.30. The Kier molecular flexibility index (Phi) is 4.73. The second-order valence-electron chi connectivity index (χ2n) is 4.66. The van der Waals surface area contributed by atoms with Crippen LogP contribution in [0, 0.1) is 12.7 Å². The van der Waals surface area contributed by atoms with E-state index in [2.05, 4.69) is 15.4 Å². The van der Waals surface area contributed by atoms with Gasteiger partial charge in [-0.15, -0.1) is 0 Å². The fourth-order valence-electron chi connectivity index (χ4n) is 2.28. The van der Waals surface area contributed by atoms with E-state index in [1.54, 1.807) is 24.0 Å². The molecule has 2 aromatic rings. The van der Waals surface area contributed by atoms with Crippen LogP contribution in [0.2, 0.25) is 5.15 Å². The van der Waals surface area contributed by atoms with Crippen LogP contribution in [0.1, 0.15) is 29.9 Å². The number of nitrogens with one attached hydrogen (secondary N) is 1. The Labute approximate surface area is 123 Å². The first-order valence-corrected chi connectivity index (χ1v) is 6.94. The van der Waals surface area contributed by atoms with Crippen molar-refractivity contribution in [2.75, 3.05) is 6.54 Å². The molecule has 0 saturated carbocycles. The van der Waals surface area contributed by atoms with Crippen LogP contribution in [0.3, 0.4) is 0 Å². The summed E-state index contributed by atoms with van der Waals surface area (Å²) in [4.78, 5) is 4.15. The Morgan fingerprint density at radius 1 is 1.50 bits per heavy atom. The molecule has 0 aliphatic carbocycles. The molecule has 0 spiro atoms. The lowest BCUT2D eigenvalue weighted by Gasteiger charge is -2.18. The summed E-state index contributed by atoms with van der Waals surface area (Å²) in [5, 5.41) is 8.12. The quantitative estimate of drug-likeness (QED) is 0.922. The first-order valence-electron chi connectivity index (χ1n) is 6.56. The summed E-state index contributed by atoms with van der Waals surface area (Å²) in [6, 6.07) is 2.79. The molecule has 0 aliphatic heterocycles. The van der Waals surface area contributed by atoms with Crippen LogP contribution in [-0.4, -0.2) is 21.3 Å². The first kappa shape index (κ1) is 14.9. The third-order valence-corrected chi connectivity index (χ3v) is 3.72. The molecular formula is C14H18ClFN4. The summed E-state index contributed by atoms with van der Waals surface area (Å²) >= 11 is 6.24. The van der Waals surface area contributed by atoms with E-state index in [0.29, 0.717) is 17.3 Å². The molecule has 2 heterocycles. The molecule has 1 atom stereocenters. The summed E-state index contributed by atoms with van der Waals surface area (Å²) in [6.45, 7) is 4.60. The van der Waals surface area contributed by atoms with Gasteiger partial charge in [-0.2, -0.15) is 5.10 Å². The largest absolute Gasteiger partial charge is 0.309 e. The fraction of sp³-hybridized carbons (Fsp3) is 0.429. The highest BCUT2D eigenvalue weighted by atomic mass is 35.5. The normalized spacial score (nSPS) is 12.7. The standard InChI is InChI=1S/C14H18ClFN4/c1-4-17-12(13-11(16)6-5-7-18-13)8-10-9(2)19-20(3)14(10)15/h5-7,12,17H,4,8H2,1-3H3. The van der Waals surface area contributed by atoms with Crippen molar-refractivity contribution in [2.24, 2.45) is 7.05 Å². The average Bonchev–Trinajstić information content (AvgIpc) is 2.65. The van der Waals surface area contributed by atoms with Gasteiger partial charge in [0.2, 0.25) is 0 Å². The van der Waals surface area contributed by atoms with E-state index in [-0.39, 0.29) is 11.9 Å². The Morgan fingerprint density at radius 2 is 2.25 bits per heavy atom. The van der Waals surface area contributed by atoms with Crippen LogP contribution in [0.25, 0.3) is 0 Å². The van der Waals surface area contributed by atoms with Crippen molar-refractivity contribution < 1.29 is 4.39 Å². The van der Waals surface area contributed by atoms with Crippen molar-refractivity contribution in [1.82, 2.24) is 20.1 Å². The van der Waals surface area contributed by atoms with Crippen LogP contribution in [0.4, 0.5) is 4.39 Å². The molecule has 1 unspecified atom stereocenters. The van der Waals surface area contributed by atoms with E-state index in [9.17, 15) is 4.39 Å². The lowest BCUT2D eigenvalue weighted by molar-refractivity contribution is 0.494. The second kappa shape index (κ2) is 6.33. The van der Waals surface area contributed by atoms with E-state index in [1.807, 2.05) is 13.8 Å². The molecule has 20 heavy (non-hydrogen) atoms. The predicted octanol–water partition coefficient (Wildman–Crippen LogP) is 2.81. The minimum absolute atomic E-state index is 0.221. The number of rotatable bonds is 5. The van der Waals surface area contributed by atoms with Gasteiger partial charge in [-0.25, -0.2) is 4.39 Å². The van der Waals surface area contributed by atoms with E-state index in [1.165, 1.54) is 6.07 Å². The molecule has 0 aliphatic rings. The number of hydrogen-bond acceptors (Lipinski definition) is 3. The Hall–Kier alpha value is -1.46. The van der Waals surface area contributed by atoms with E-state index < -0.39 is 0 Å². The highest BCUT2D eigenvalue weighted by Gasteiger charge is 2.21. The molecule has 2 aromatic heterocycles. The third-order valence-electron chi connectivity index (χ3n) is 3.25. The smallest absolute Gasteiger partial charge is 0.146 e. The van der Waals surface area contributed by atoms with Crippen molar-refractivity contribution in [3.63, 3.8) is 0 Å². The number of likely N-dealkylation sites (N-methyl/N-ethyl adjacent to an activating group) is 1. The number of aryl methyl sites for hydroxylation is 2. The molecule has 0 amide bonds. The lowest BCUT2D eigenvalue weighted by atomic mass is 10.0. The molecule has 0 fully saturated rings. The van der Waals surface area contributed by atoms with Gasteiger partial charge < -0.3 is 5.32 Å². The van der Waals surface area contributed by atoms with E-state index in [0.717, 1.165) is 17.8 Å². The molecule has 2 rings (SSSR count). The number of hydrogen-bond donors (Lipinski definition) is 1. The molecule has 0 bridgehead atoms. The minimum atomic E-state index is -0.309. The number of aromatic nitrogens is 3. The summed E-state index contributed by atoms with van der Waals surface area (Å²) in [7, 11) is 1.79. The molecule has 6 heteroatoms. The van der Waals surface area contributed by atoms with Gasteiger partial charge in [-0.1, -0.05) is 18.5 Å². The Morgan fingerprint density at radius 3 is 2.80 bits per heavy atom. The molecule has 108 valence electrons. The van der Waals surface area contributed by atoms with E-state index in [4.69, 9.17) is 11.6 Å². The maximum absolute atomic E-state index is 13.9. The molecule has 0 saturated heterocycles. The maximum Gasteiger partial charge on any atom is 0.146 e. The molecule has 0 radical (unpaired) electrons. The van der Waals surface area contributed by atoms with E-state index >= 15 is 0 Å². The predicted molar refractivity (Wildman–Crippen MR) is 77.3 cm³/mol. The molecule has 0 aromatic carbocycles. The van der Waals surface area contributed by atoms with Crippen LogP contribution in [0.15, 0.2) is 18.3 Å². The number of halogens is 2. The Bertz CT molecular complexity index is 597. The average molecular weight is 297 g/mol. The van der Waals surface area contributed by atoms with Crippen molar-refractivity contribution in [1.29, 1.82) is 0 Å². The van der Waals surface area contributed by atoms with Crippen LogP contribution in [0.5, 0.6) is 0 Å². The molecule has 1 N–H and O–H groups in total. The SMILES string of the molecule is CCNC(Cc1c(C)nn(C)c1Cl)c1ncccc1F. The van der Waals surface area contributed by atoms with Crippen molar-refractivity contribution in [3.05, 3.63) is 46.3 Å². The van der Waals surface area contributed by atoms with Gasteiger partial charge in [-0.3, -0.25) is 9.67 Å². The van der Waals surface area contributed by atoms with Crippen molar-refractivity contribution >= 4 is 11.6 Å². The molecule has 4 nitrogen and oxygen atoms in total. The summed E-state index contributed by atoms with van der Waals surface area (Å²) in [6.07, 6.45) is 2.15. The zero-order valence-corrected chi connectivity index (χ0v) is 12.6. The van der Waals surface area contributed by atoms with Gasteiger partial charge in [0.1, 0.15) is 11.0 Å². The lowest BCUT2D eigenvalue weighted by Crippen LogP contribution is -2.25. The monoisotopic (exact) mass is 296 g/mol. The maximum atomic E-state index is 13.9. The second-order valence-corrected chi connectivity index (χ2v) is 5.02. The topological polar surface area (TPSA) is 42.7 Å². The summed E-state index contributed by atoms with van der Waals surface area (Å²) in [5.74, 6) is -0.309. The fourth-order valence-corrected chi connectivity index (χ4v) is 2.53. The zero-order chi connectivity index (χ0) is 14.7. The third kappa shape index (κ3) is 2.99. The Balaban J connectivity index is 2.33. The summed E-state index contributed by atoms with van der Waals surface area (Å²) < 4.78 is 15.5. The van der Waals surface area contributed by atoms with Crippen molar-refractivity contribution in [3.8, 4) is 0 Å². The van der Waals surface area contributed by atoms with Gasteiger partial charge in [-0.05, 0) is 32.0 Å². The zero-order valence-electron chi connectivity index (χ0n) is 11.8. The van der Waals surface area contributed by atoms with Crippen molar-refractivity contribution in [2.45, 2.75) is 26.3 Å². The van der Waals surface area contributed by atoms with Crippen LogP contribution in [-0.2, 0) is 13.5 Å². The van der Waals surface area contributed by atoms with Gasteiger partial charge in [0, 0.05) is 18.8 Å². The number of pyridine rings is 1. The molecular weight excluding hydrogens is 279 g/mol. The van der Waals surface area contributed by atoms with Gasteiger partial charge in [0.05, 0.1) is 17.4 Å². The minimum Gasteiger partial charge on any atom is -0.309 e. The van der Waals surface area contributed by atoms with Gasteiger partial charge in [0.15, 0.2) is 0 Å². The summed E-state index contributed by atoms with van der Waals surface area (Å²) in [5.41, 5.74) is 2.19. The highest BCUT2D eigenvalue weighted by Crippen LogP contribution is 2.26. The van der Waals surface area contributed by atoms with Crippen LogP contribution >= 0.6 is 11.6 Å².